The molecule has 0 saturated carbocycles. The maximum atomic E-state index is 12.5. The van der Waals surface area contributed by atoms with Gasteiger partial charge in [0.2, 0.25) is 5.91 Å². The summed E-state index contributed by atoms with van der Waals surface area (Å²) in [6.45, 7) is 12.9. The van der Waals surface area contributed by atoms with Gasteiger partial charge in [-0.05, 0) is 49.7 Å². The van der Waals surface area contributed by atoms with Gasteiger partial charge in [0.1, 0.15) is 5.75 Å². The molecule has 1 fully saturated rings. The Morgan fingerprint density at radius 1 is 1.00 bits per heavy atom. The summed E-state index contributed by atoms with van der Waals surface area (Å²) in [4.78, 5) is 27.2. The lowest BCUT2D eigenvalue weighted by Crippen LogP contribution is -2.46. The predicted octanol–water partition coefficient (Wildman–Crippen LogP) is 6.30. The van der Waals surface area contributed by atoms with Crippen LogP contribution in [0.5, 0.6) is 11.8 Å². The third-order valence-electron chi connectivity index (χ3n) is 6.82. The van der Waals surface area contributed by atoms with Crippen molar-refractivity contribution in [1.29, 1.82) is 0 Å². The molecule has 2 aromatic carbocycles. The molecule has 0 radical (unpaired) electrons. The Morgan fingerprint density at radius 2 is 1.67 bits per heavy atom. The average molecular weight is 548 g/mol. The molecule has 5 rings (SSSR count). The van der Waals surface area contributed by atoms with E-state index in [9.17, 15) is 4.79 Å². The summed E-state index contributed by atoms with van der Waals surface area (Å²) in [5.74, 6) is 0.606. The van der Waals surface area contributed by atoms with Gasteiger partial charge in [0.15, 0.2) is 5.65 Å². The van der Waals surface area contributed by atoms with Crippen LogP contribution < -0.4 is 15.0 Å². The van der Waals surface area contributed by atoms with Gasteiger partial charge in [-0.1, -0.05) is 56.6 Å². The molecule has 0 aliphatic carbocycles. The van der Waals surface area contributed by atoms with Crippen molar-refractivity contribution in [1.82, 2.24) is 20.3 Å². The normalized spacial score (nSPS) is 14.5. The zero-order valence-electron chi connectivity index (χ0n) is 23.0. The smallest absolute Gasteiger partial charge is 0.301 e. The summed E-state index contributed by atoms with van der Waals surface area (Å²) >= 11 is 6.61. The van der Waals surface area contributed by atoms with Crippen LogP contribution in [-0.4, -0.2) is 47.2 Å². The summed E-state index contributed by atoms with van der Waals surface area (Å²) in [6.07, 6.45) is 0. The van der Waals surface area contributed by atoms with E-state index in [1.54, 1.807) is 0 Å². The van der Waals surface area contributed by atoms with Gasteiger partial charge in [-0.15, -0.1) is 0 Å². The van der Waals surface area contributed by atoms with Gasteiger partial charge in [-0.2, -0.15) is 4.98 Å². The molecule has 1 aliphatic rings. The quantitative estimate of drug-likeness (QED) is 0.294. The average Bonchev–Trinajstić information content (AvgIpc) is 3.29. The molecule has 2 aromatic heterocycles. The molecule has 9 heteroatoms. The first kappa shape index (κ1) is 27.0. The first-order valence-electron chi connectivity index (χ1n) is 13.1. The fraction of sp³-hybridized carbons (Fsp3) is 0.367. The number of H-pyrrole nitrogens is 1. The van der Waals surface area contributed by atoms with Crippen LogP contribution >= 0.6 is 11.6 Å². The number of carbonyl (C=O) groups excluding carboxylic acids is 1. The standard InChI is InChI=1S/C30H34ClN5O3/c1-29(2,3)27(37)35-30(4,5)20-8-12-22(13-9-20)39-28-32-24-18-23(31)25(33-26(24)34-28)19-6-10-21(11-7-19)36-14-16-38-17-15-36/h6-13,18H,14-17H2,1-5H3,(H,35,37)(H,32,33,34). The van der Waals surface area contributed by atoms with Crippen LogP contribution in [0.15, 0.2) is 54.6 Å². The van der Waals surface area contributed by atoms with Crippen LogP contribution in [0.4, 0.5) is 5.69 Å². The number of ether oxygens (including phenoxy) is 2. The Morgan fingerprint density at radius 3 is 2.31 bits per heavy atom. The molecule has 8 nitrogen and oxygen atoms in total. The molecule has 1 saturated heterocycles. The number of rotatable bonds is 6. The molecular weight excluding hydrogens is 514 g/mol. The third kappa shape index (κ3) is 6.02. The van der Waals surface area contributed by atoms with Gasteiger partial charge >= 0.3 is 6.01 Å². The fourth-order valence-corrected chi connectivity index (χ4v) is 4.65. The Hall–Kier alpha value is -3.62. The summed E-state index contributed by atoms with van der Waals surface area (Å²) in [5.41, 5.74) is 3.91. The lowest BCUT2D eigenvalue weighted by atomic mass is 9.90. The van der Waals surface area contributed by atoms with Gasteiger partial charge in [0, 0.05) is 29.8 Å². The van der Waals surface area contributed by atoms with Gasteiger partial charge < -0.3 is 24.7 Å². The summed E-state index contributed by atoms with van der Waals surface area (Å²) in [6, 6.07) is 18.0. The zero-order chi connectivity index (χ0) is 27.8. The number of pyridine rings is 1. The fourth-order valence-electron chi connectivity index (χ4n) is 4.39. The molecule has 204 valence electrons. The Balaban J connectivity index is 1.31. The van der Waals surface area contributed by atoms with E-state index in [0.717, 1.165) is 43.1 Å². The molecule has 39 heavy (non-hydrogen) atoms. The minimum atomic E-state index is -0.528. The first-order chi connectivity index (χ1) is 18.5. The van der Waals surface area contributed by atoms with E-state index in [1.165, 1.54) is 0 Å². The zero-order valence-corrected chi connectivity index (χ0v) is 23.7. The molecule has 3 heterocycles. The van der Waals surface area contributed by atoms with Gasteiger partial charge in [-0.25, -0.2) is 4.98 Å². The lowest BCUT2D eigenvalue weighted by molar-refractivity contribution is -0.130. The van der Waals surface area contributed by atoms with Crippen molar-refractivity contribution in [2.45, 2.75) is 40.2 Å². The molecule has 2 N–H and O–H groups in total. The second-order valence-electron chi connectivity index (χ2n) is 11.3. The van der Waals surface area contributed by atoms with Crippen LogP contribution in [0.1, 0.15) is 40.2 Å². The maximum Gasteiger partial charge on any atom is 0.301 e. The Kier molecular flexibility index (Phi) is 7.27. The summed E-state index contributed by atoms with van der Waals surface area (Å²) in [7, 11) is 0. The number of aromatic nitrogens is 3. The van der Waals surface area contributed by atoms with Crippen molar-refractivity contribution in [2.24, 2.45) is 5.41 Å². The molecule has 0 unspecified atom stereocenters. The van der Waals surface area contributed by atoms with Gasteiger partial charge in [-0.3, -0.25) is 4.79 Å². The number of nitrogens with one attached hydrogen (secondary N) is 2. The van der Waals surface area contributed by atoms with Crippen LogP contribution in [-0.2, 0) is 15.1 Å². The van der Waals surface area contributed by atoms with Crippen molar-refractivity contribution in [3.63, 3.8) is 0 Å². The minimum absolute atomic E-state index is 0.00585. The number of hydrogen-bond donors (Lipinski definition) is 2. The monoisotopic (exact) mass is 547 g/mol. The number of morpholine rings is 1. The van der Waals surface area contributed by atoms with E-state index >= 15 is 0 Å². The van der Waals surface area contributed by atoms with Crippen LogP contribution in [0.3, 0.4) is 0 Å². The Bertz CT molecular complexity index is 1470. The number of fused-ring (bicyclic) bond motifs is 1. The highest BCUT2D eigenvalue weighted by molar-refractivity contribution is 6.33. The van der Waals surface area contributed by atoms with Gasteiger partial charge in [0.25, 0.3) is 0 Å². The SMILES string of the molecule is CC(C)(C)C(=O)NC(C)(C)c1ccc(Oc2nc3nc(-c4ccc(N5CCOCC5)cc4)c(Cl)cc3[nH]2)cc1. The molecule has 1 amide bonds. The minimum Gasteiger partial charge on any atom is -0.426 e. The van der Waals surface area contributed by atoms with Crippen LogP contribution in [0.25, 0.3) is 22.4 Å². The van der Waals surface area contributed by atoms with E-state index in [2.05, 4.69) is 32.3 Å². The number of benzene rings is 2. The van der Waals surface area contributed by atoms with E-state index in [1.807, 2.05) is 77.1 Å². The molecule has 4 aromatic rings. The molecule has 1 aliphatic heterocycles. The lowest BCUT2D eigenvalue weighted by Gasteiger charge is -2.31. The van der Waals surface area contributed by atoms with E-state index in [4.69, 9.17) is 26.1 Å². The third-order valence-corrected chi connectivity index (χ3v) is 7.11. The Labute approximate surface area is 233 Å². The van der Waals surface area contributed by atoms with Crippen molar-refractivity contribution in [3.05, 3.63) is 65.2 Å². The van der Waals surface area contributed by atoms with Crippen molar-refractivity contribution >= 4 is 34.4 Å². The van der Waals surface area contributed by atoms with Crippen LogP contribution in [0.2, 0.25) is 5.02 Å². The van der Waals surface area contributed by atoms with E-state index < -0.39 is 11.0 Å². The topological polar surface area (TPSA) is 92.4 Å². The number of nitrogens with zero attached hydrogens (tertiary/aromatic N) is 3. The van der Waals surface area contributed by atoms with Crippen molar-refractivity contribution < 1.29 is 14.3 Å². The first-order valence-corrected chi connectivity index (χ1v) is 13.5. The number of imidazole rings is 1. The number of anilines is 1. The summed E-state index contributed by atoms with van der Waals surface area (Å²) in [5, 5.41) is 3.65. The van der Waals surface area contributed by atoms with E-state index in [-0.39, 0.29) is 5.91 Å². The largest absolute Gasteiger partial charge is 0.426 e. The second kappa shape index (κ2) is 10.5. The number of hydrogen-bond acceptors (Lipinski definition) is 6. The highest BCUT2D eigenvalue weighted by atomic mass is 35.5. The highest BCUT2D eigenvalue weighted by Gasteiger charge is 2.29. The van der Waals surface area contributed by atoms with Crippen molar-refractivity contribution in [2.75, 3.05) is 31.2 Å². The second-order valence-corrected chi connectivity index (χ2v) is 11.7. The number of halogens is 1. The molecule has 0 atom stereocenters. The molecule has 0 bridgehead atoms. The number of carbonyl (C=O) groups is 1. The predicted molar refractivity (Wildman–Crippen MR) is 155 cm³/mol. The van der Waals surface area contributed by atoms with E-state index in [0.29, 0.717) is 33.6 Å². The molecule has 0 spiro atoms. The number of aromatic amines is 1. The van der Waals surface area contributed by atoms with Crippen LogP contribution in [0, 0.1) is 5.41 Å². The van der Waals surface area contributed by atoms with Gasteiger partial charge in [0.05, 0.1) is 35.0 Å². The number of amides is 1. The summed E-state index contributed by atoms with van der Waals surface area (Å²) < 4.78 is 11.4. The highest BCUT2D eigenvalue weighted by Crippen LogP contribution is 2.32. The van der Waals surface area contributed by atoms with Crippen molar-refractivity contribution in [3.8, 4) is 23.0 Å². The maximum absolute atomic E-state index is 12.5. The molecular formula is C30H34ClN5O3.